The van der Waals surface area contributed by atoms with Gasteiger partial charge in [0.25, 0.3) is 0 Å². The molecule has 0 bridgehead atoms. The first-order chi connectivity index (χ1) is 7.13. The van der Waals surface area contributed by atoms with Crippen LogP contribution in [0.4, 0.5) is 19.3 Å². The van der Waals surface area contributed by atoms with Gasteiger partial charge in [0.05, 0.1) is 0 Å². The van der Waals surface area contributed by atoms with Crippen LogP contribution in [0.25, 0.3) is 0 Å². The molecule has 0 saturated heterocycles. The number of benzene rings is 1. The van der Waals surface area contributed by atoms with Gasteiger partial charge in [-0.2, -0.15) is 0 Å². The van der Waals surface area contributed by atoms with Crippen molar-refractivity contribution in [1.29, 1.82) is 0 Å². The normalized spacial score (nSPS) is 9.80. The van der Waals surface area contributed by atoms with Crippen LogP contribution in [0, 0.1) is 11.6 Å². The number of hydrogen-bond donors (Lipinski definition) is 2. The molecule has 1 aromatic rings. The highest BCUT2D eigenvalue weighted by molar-refractivity contribution is 6.18. The van der Waals surface area contributed by atoms with Crippen molar-refractivity contribution >= 4 is 23.3 Å². The summed E-state index contributed by atoms with van der Waals surface area (Å²) in [6.45, 7) is 0.303. The zero-order valence-corrected chi connectivity index (χ0v) is 8.44. The van der Waals surface area contributed by atoms with E-state index in [0.717, 1.165) is 12.1 Å². The third-order valence-corrected chi connectivity index (χ3v) is 1.75. The third-order valence-electron chi connectivity index (χ3n) is 1.56. The van der Waals surface area contributed by atoms with Crippen molar-refractivity contribution < 1.29 is 13.6 Å². The minimum absolute atomic E-state index is 0.181. The second-order valence-corrected chi connectivity index (χ2v) is 3.08. The molecule has 82 valence electrons. The molecular formula is C9H9ClF2N2O. The van der Waals surface area contributed by atoms with Crippen molar-refractivity contribution in [2.24, 2.45) is 0 Å². The first-order valence-electron chi connectivity index (χ1n) is 4.19. The Morgan fingerprint density at radius 1 is 1.33 bits per heavy atom. The molecule has 0 radical (unpaired) electrons. The fraction of sp³-hybridized carbons (Fsp3) is 0.222. The molecule has 15 heavy (non-hydrogen) atoms. The number of anilines is 1. The van der Waals surface area contributed by atoms with Gasteiger partial charge in [0.2, 0.25) is 0 Å². The third kappa shape index (κ3) is 3.71. The quantitative estimate of drug-likeness (QED) is 0.775. The first kappa shape index (κ1) is 11.7. The Labute approximate surface area is 90.4 Å². The average molecular weight is 235 g/mol. The molecule has 2 N–H and O–H groups in total. The molecular weight excluding hydrogens is 226 g/mol. The lowest BCUT2D eigenvalue weighted by atomic mass is 10.3. The van der Waals surface area contributed by atoms with Crippen molar-refractivity contribution in [3.63, 3.8) is 0 Å². The molecule has 0 heterocycles. The van der Waals surface area contributed by atoms with Gasteiger partial charge in [0, 0.05) is 24.2 Å². The molecule has 0 fully saturated rings. The van der Waals surface area contributed by atoms with Gasteiger partial charge >= 0.3 is 6.03 Å². The fourth-order valence-electron chi connectivity index (χ4n) is 0.910. The Kier molecular flexibility index (Phi) is 4.30. The molecule has 2 amide bonds. The van der Waals surface area contributed by atoms with Crippen molar-refractivity contribution in [3.05, 3.63) is 29.8 Å². The molecule has 0 spiro atoms. The first-order valence-corrected chi connectivity index (χ1v) is 4.73. The monoisotopic (exact) mass is 234 g/mol. The summed E-state index contributed by atoms with van der Waals surface area (Å²) in [5.74, 6) is -1.68. The molecule has 1 aromatic carbocycles. The van der Waals surface area contributed by atoms with Crippen LogP contribution in [0.5, 0.6) is 0 Å². The van der Waals surface area contributed by atoms with Gasteiger partial charge in [0.1, 0.15) is 0 Å². The van der Waals surface area contributed by atoms with Gasteiger partial charge in [0.15, 0.2) is 11.6 Å². The van der Waals surface area contributed by atoms with Gasteiger partial charge in [-0.3, -0.25) is 0 Å². The predicted octanol–water partition coefficient (Wildman–Crippen LogP) is 2.33. The summed E-state index contributed by atoms with van der Waals surface area (Å²) in [6.07, 6.45) is 0. The molecule has 0 aliphatic rings. The van der Waals surface area contributed by atoms with Crippen LogP contribution < -0.4 is 10.6 Å². The average Bonchev–Trinajstić information content (AvgIpc) is 2.20. The minimum atomic E-state index is -1.01. The van der Waals surface area contributed by atoms with Crippen molar-refractivity contribution in [3.8, 4) is 0 Å². The Morgan fingerprint density at radius 2 is 2.07 bits per heavy atom. The maximum Gasteiger partial charge on any atom is 0.319 e. The van der Waals surface area contributed by atoms with Crippen LogP contribution in [0.15, 0.2) is 18.2 Å². The zero-order valence-electron chi connectivity index (χ0n) is 7.69. The molecule has 0 saturated carbocycles. The number of urea groups is 1. The second-order valence-electron chi connectivity index (χ2n) is 2.70. The van der Waals surface area contributed by atoms with Crippen molar-refractivity contribution in [2.45, 2.75) is 0 Å². The summed E-state index contributed by atoms with van der Waals surface area (Å²) in [5.41, 5.74) is 0.181. The maximum atomic E-state index is 12.7. The van der Waals surface area contributed by atoms with Crippen LogP contribution in [0.2, 0.25) is 0 Å². The standard InChI is InChI=1S/C9H9ClF2N2O/c10-3-4-13-9(15)14-6-1-2-7(11)8(12)5-6/h1-2,5H,3-4H2,(H2,13,14,15). The highest BCUT2D eigenvalue weighted by atomic mass is 35.5. The van der Waals surface area contributed by atoms with E-state index in [2.05, 4.69) is 10.6 Å². The summed E-state index contributed by atoms with van der Waals surface area (Å²) in [7, 11) is 0. The molecule has 1 rings (SSSR count). The number of alkyl halides is 1. The molecule has 0 aliphatic carbocycles. The van der Waals surface area contributed by atoms with Gasteiger partial charge in [-0.1, -0.05) is 0 Å². The summed E-state index contributed by atoms with van der Waals surface area (Å²) in [4.78, 5) is 11.1. The largest absolute Gasteiger partial charge is 0.337 e. The van der Waals surface area contributed by atoms with E-state index in [1.807, 2.05) is 0 Å². The lowest BCUT2D eigenvalue weighted by Crippen LogP contribution is -2.30. The summed E-state index contributed by atoms with van der Waals surface area (Å²) in [5, 5.41) is 4.75. The minimum Gasteiger partial charge on any atom is -0.337 e. The van der Waals surface area contributed by atoms with Crippen molar-refractivity contribution in [2.75, 3.05) is 17.7 Å². The predicted molar refractivity (Wildman–Crippen MR) is 54.1 cm³/mol. The maximum absolute atomic E-state index is 12.7. The molecule has 0 aromatic heterocycles. The second kappa shape index (κ2) is 5.50. The summed E-state index contributed by atoms with van der Waals surface area (Å²) < 4.78 is 25.2. The van der Waals surface area contributed by atoms with Crippen molar-refractivity contribution in [1.82, 2.24) is 5.32 Å². The van der Waals surface area contributed by atoms with E-state index in [9.17, 15) is 13.6 Å². The Morgan fingerprint density at radius 3 is 2.67 bits per heavy atom. The van der Waals surface area contributed by atoms with E-state index in [1.54, 1.807) is 0 Å². The Bertz CT molecular complexity index is 360. The zero-order chi connectivity index (χ0) is 11.3. The summed E-state index contributed by atoms with van der Waals surface area (Å²) >= 11 is 5.34. The molecule has 0 unspecified atom stereocenters. The SMILES string of the molecule is O=C(NCCCl)Nc1ccc(F)c(F)c1. The molecule has 0 atom stereocenters. The van der Waals surface area contributed by atoms with Gasteiger partial charge in [-0.25, -0.2) is 13.6 Å². The smallest absolute Gasteiger partial charge is 0.319 e. The van der Waals surface area contributed by atoms with Crippen LogP contribution in [0.1, 0.15) is 0 Å². The Balaban J connectivity index is 2.57. The lowest BCUT2D eigenvalue weighted by Gasteiger charge is -2.06. The highest BCUT2D eigenvalue weighted by Gasteiger charge is 2.04. The fourth-order valence-corrected chi connectivity index (χ4v) is 1.00. The van der Waals surface area contributed by atoms with E-state index < -0.39 is 17.7 Å². The molecule has 6 heteroatoms. The van der Waals surface area contributed by atoms with Gasteiger partial charge in [-0.05, 0) is 12.1 Å². The van der Waals surface area contributed by atoms with Gasteiger partial charge < -0.3 is 10.6 Å². The van der Waals surface area contributed by atoms with Crippen LogP contribution in [-0.2, 0) is 0 Å². The van der Waals surface area contributed by atoms with E-state index in [-0.39, 0.29) is 11.6 Å². The van der Waals surface area contributed by atoms with E-state index >= 15 is 0 Å². The lowest BCUT2D eigenvalue weighted by molar-refractivity contribution is 0.252. The number of amides is 2. The summed E-state index contributed by atoms with van der Waals surface area (Å²) in [6, 6.07) is 2.59. The van der Waals surface area contributed by atoms with Crippen LogP contribution in [0.3, 0.4) is 0 Å². The molecule has 3 nitrogen and oxygen atoms in total. The molecule has 0 aliphatic heterocycles. The van der Waals surface area contributed by atoms with E-state index in [4.69, 9.17) is 11.6 Å². The number of carbonyl (C=O) groups is 1. The van der Waals surface area contributed by atoms with E-state index in [1.165, 1.54) is 6.07 Å². The van der Waals surface area contributed by atoms with Gasteiger partial charge in [-0.15, -0.1) is 11.6 Å². The Hall–Kier alpha value is -1.36. The van der Waals surface area contributed by atoms with E-state index in [0.29, 0.717) is 6.54 Å². The topological polar surface area (TPSA) is 41.1 Å². The number of halogens is 3. The number of carbonyl (C=O) groups excluding carboxylic acids is 1. The highest BCUT2D eigenvalue weighted by Crippen LogP contribution is 2.12. The van der Waals surface area contributed by atoms with Crippen LogP contribution >= 0.6 is 11.6 Å². The number of hydrogen-bond acceptors (Lipinski definition) is 1. The van der Waals surface area contributed by atoms with Crippen LogP contribution in [-0.4, -0.2) is 18.5 Å². The number of rotatable bonds is 3. The number of nitrogens with one attached hydrogen (secondary N) is 2.